The molecule has 0 atom stereocenters. The Kier molecular flexibility index (Phi) is 9.68. The predicted molar refractivity (Wildman–Crippen MR) is 154 cm³/mol. The van der Waals surface area contributed by atoms with Gasteiger partial charge in [0, 0.05) is 36.8 Å². The number of carbonyl (C=O) groups is 2. The lowest BCUT2D eigenvalue weighted by molar-refractivity contribution is -0.133. The summed E-state index contributed by atoms with van der Waals surface area (Å²) in [5.74, 6) is -0.516. The Labute approximate surface area is 236 Å². The average molecular weight is 592 g/mol. The summed E-state index contributed by atoms with van der Waals surface area (Å²) in [6, 6.07) is 22.1. The zero-order chi connectivity index (χ0) is 27.8. The van der Waals surface area contributed by atoms with Crippen LogP contribution < -0.4 is 5.43 Å². The van der Waals surface area contributed by atoms with Crippen LogP contribution in [-0.4, -0.2) is 48.4 Å². The van der Waals surface area contributed by atoms with E-state index in [0.717, 1.165) is 15.6 Å². The third-order valence-corrected chi connectivity index (χ3v) is 6.94. The molecule has 0 aliphatic heterocycles. The van der Waals surface area contributed by atoms with Crippen LogP contribution in [0.15, 0.2) is 92.7 Å². The molecule has 202 valence electrons. The van der Waals surface area contributed by atoms with Crippen LogP contribution >= 0.6 is 15.9 Å². The van der Waals surface area contributed by atoms with Crippen molar-refractivity contribution in [3.05, 3.63) is 116 Å². The summed E-state index contributed by atoms with van der Waals surface area (Å²) in [6.07, 6.45) is 2.01. The van der Waals surface area contributed by atoms with Crippen LogP contribution in [0.25, 0.3) is 11.0 Å². The van der Waals surface area contributed by atoms with Crippen molar-refractivity contribution in [2.45, 2.75) is 26.4 Å². The molecule has 4 aromatic rings. The molecule has 0 aliphatic carbocycles. The Balaban J connectivity index is 1.62. The number of hydrogen-bond acceptors (Lipinski definition) is 5. The van der Waals surface area contributed by atoms with E-state index < -0.39 is 0 Å². The summed E-state index contributed by atoms with van der Waals surface area (Å²) in [4.78, 5) is 43.6. The lowest BCUT2D eigenvalue weighted by Crippen LogP contribution is -2.43. The van der Waals surface area contributed by atoms with Crippen LogP contribution in [0.3, 0.4) is 0 Å². The molecular formula is C31H31BrN2O5. The fraction of sp³-hybridized carbons (Fsp3) is 0.258. The van der Waals surface area contributed by atoms with Gasteiger partial charge in [-0.15, -0.1) is 0 Å². The van der Waals surface area contributed by atoms with Crippen molar-refractivity contribution < 1.29 is 18.7 Å². The van der Waals surface area contributed by atoms with Gasteiger partial charge in [0.25, 0.3) is 5.91 Å². The Morgan fingerprint density at radius 3 is 2.41 bits per heavy atom. The number of halogens is 1. The molecule has 1 aromatic heterocycles. The van der Waals surface area contributed by atoms with Gasteiger partial charge in [-0.05, 0) is 55.3 Å². The molecule has 0 bridgehead atoms. The highest BCUT2D eigenvalue weighted by molar-refractivity contribution is 9.10. The molecule has 7 nitrogen and oxygen atoms in total. The minimum Gasteiger partial charge on any atom is -0.464 e. The second-order valence-electron chi connectivity index (χ2n) is 9.41. The van der Waals surface area contributed by atoms with Crippen LogP contribution in [0.5, 0.6) is 0 Å². The highest BCUT2D eigenvalue weighted by Crippen LogP contribution is 2.17. The molecule has 3 aromatic carbocycles. The predicted octanol–water partition coefficient (Wildman–Crippen LogP) is 5.57. The fourth-order valence-corrected chi connectivity index (χ4v) is 4.59. The van der Waals surface area contributed by atoms with E-state index in [2.05, 4.69) is 15.9 Å². The number of methoxy groups -OCH3 is 1. The molecule has 0 radical (unpaired) electrons. The van der Waals surface area contributed by atoms with Crippen LogP contribution in [0, 0.1) is 6.92 Å². The van der Waals surface area contributed by atoms with Gasteiger partial charge in [0.15, 0.2) is 5.43 Å². The summed E-state index contributed by atoms with van der Waals surface area (Å²) >= 11 is 3.39. The first kappa shape index (κ1) is 28.3. The Bertz CT molecular complexity index is 1480. The third-order valence-electron chi connectivity index (χ3n) is 6.41. The zero-order valence-corrected chi connectivity index (χ0v) is 23.6. The molecule has 0 saturated carbocycles. The topological polar surface area (TPSA) is 80.1 Å². The van der Waals surface area contributed by atoms with Crippen LogP contribution in [0.2, 0.25) is 0 Å². The first-order valence-corrected chi connectivity index (χ1v) is 13.5. The zero-order valence-electron chi connectivity index (χ0n) is 22.1. The van der Waals surface area contributed by atoms with E-state index in [1.54, 1.807) is 48.4 Å². The highest BCUT2D eigenvalue weighted by Gasteiger charge is 2.24. The number of fused-ring (bicyclic) bond motifs is 1. The molecule has 8 heteroatoms. The summed E-state index contributed by atoms with van der Waals surface area (Å²) < 4.78 is 11.8. The van der Waals surface area contributed by atoms with E-state index in [1.165, 1.54) is 11.2 Å². The monoisotopic (exact) mass is 590 g/mol. The molecule has 0 spiro atoms. The van der Waals surface area contributed by atoms with Gasteiger partial charge in [-0.2, -0.15) is 0 Å². The largest absolute Gasteiger partial charge is 0.464 e. The number of amides is 2. The molecular weight excluding hydrogens is 560 g/mol. The Hall–Kier alpha value is -3.75. The molecule has 0 unspecified atom stereocenters. The first-order chi connectivity index (χ1) is 18.9. The smallest absolute Gasteiger partial charge is 0.254 e. The van der Waals surface area contributed by atoms with Crippen LogP contribution in [-0.2, 0) is 22.6 Å². The first-order valence-electron chi connectivity index (χ1n) is 12.7. The van der Waals surface area contributed by atoms with Gasteiger partial charge in [0.2, 0.25) is 5.91 Å². The molecule has 0 N–H and O–H groups in total. The number of benzene rings is 3. The van der Waals surface area contributed by atoms with E-state index in [1.807, 2.05) is 43.3 Å². The second kappa shape index (κ2) is 13.4. The van der Waals surface area contributed by atoms with Crippen molar-refractivity contribution in [2.75, 3.05) is 26.8 Å². The summed E-state index contributed by atoms with van der Waals surface area (Å²) in [5, 5.41) is 0.478. The second-order valence-corrected chi connectivity index (χ2v) is 10.3. The van der Waals surface area contributed by atoms with E-state index >= 15 is 0 Å². The van der Waals surface area contributed by atoms with Crippen LogP contribution in [0.1, 0.15) is 33.5 Å². The minimum absolute atomic E-state index is 0.0539. The number of rotatable bonds is 11. The standard InChI is InChI=1S/C31H31BrN2O5/c1-22-9-14-28-27(17-22)30(36)25(21-39-28)19-34(18-23-7-4-3-5-8-23)29(35)20-33(15-6-16-38-2)31(37)24-10-12-26(32)13-11-24/h3-5,7-14,17,21H,6,15-16,18-20H2,1-2H3. The van der Waals surface area contributed by atoms with E-state index in [4.69, 9.17) is 9.15 Å². The van der Waals surface area contributed by atoms with Gasteiger partial charge < -0.3 is 19.0 Å². The number of carbonyl (C=O) groups excluding carboxylic acids is 2. The normalized spacial score (nSPS) is 10.9. The third kappa shape index (κ3) is 7.43. The number of aryl methyl sites for hydroxylation is 1. The van der Waals surface area contributed by atoms with Gasteiger partial charge in [-0.3, -0.25) is 14.4 Å². The summed E-state index contributed by atoms with van der Waals surface area (Å²) in [6.45, 7) is 2.93. The highest BCUT2D eigenvalue weighted by atomic mass is 79.9. The van der Waals surface area contributed by atoms with Gasteiger partial charge in [-0.1, -0.05) is 57.9 Å². The van der Waals surface area contributed by atoms with Crippen molar-refractivity contribution in [3.63, 3.8) is 0 Å². The minimum atomic E-state index is -0.273. The van der Waals surface area contributed by atoms with Crippen molar-refractivity contribution in [1.29, 1.82) is 0 Å². The molecule has 0 saturated heterocycles. The Morgan fingerprint density at radius 2 is 1.69 bits per heavy atom. The van der Waals surface area contributed by atoms with Crippen LogP contribution in [0.4, 0.5) is 0 Å². The van der Waals surface area contributed by atoms with Gasteiger partial charge >= 0.3 is 0 Å². The lowest BCUT2D eigenvalue weighted by atomic mass is 10.1. The molecule has 39 heavy (non-hydrogen) atoms. The Morgan fingerprint density at radius 1 is 0.949 bits per heavy atom. The van der Waals surface area contributed by atoms with Crippen molar-refractivity contribution in [1.82, 2.24) is 9.80 Å². The number of hydrogen-bond donors (Lipinski definition) is 0. The molecule has 0 fully saturated rings. The average Bonchev–Trinajstić information content (AvgIpc) is 2.94. The molecule has 4 rings (SSSR count). The maximum Gasteiger partial charge on any atom is 0.254 e. The fourth-order valence-electron chi connectivity index (χ4n) is 4.33. The molecule has 0 aliphatic rings. The van der Waals surface area contributed by atoms with E-state index in [0.29, 0.717) is 41.7 Å². The van der Waals surface area contributed by atoms with E-state index in [9.17, 15) is 14.4 Å². The van der Waals surface area contributed by atoms with Gasteiger partial charge in [0.1, 0.15) is 12.1 Å². The van der Waals surface area contributed by atoms with Crippen molar-refractivity contribution >= 4 is 38.7 Å². The van der Waals surface area contributed by atoms with Crippen molar-refractivity contribution in [3.8, 4) is 0 Å². The van der Waals surface area contributed by atoms with Gasteiger partial charge in [0.05, 0.1) is 23.8 Å². The molecule has 1 heterocycles. The number of ether oxygens (including phenoxy) is 1. The lowest BCUT2D eigenvalue weighted by Gasteiger charge is -2.28. The molecule has 2 amide bonds. The van der Waals surface area contributed by atoms with Crippen molar-refractivity contribution in [2.24, 2.45) is 0 Å². The number of nitrogens with zero attached hydrogens (tertiary/aromatic N) is 2. The quantitative estimate of drug-likeness (QED) is 0.213. The summed E-state index contributed by atoms with van der Waals surface area (Å²) in [5.41, 5.74) is 3.05. The van der Waals surface area contributed by atoms with Gasteiger partial charge in [-0.25, -0.2) is 0 Å². The summed E-state index contributed by atoms with van der Waals surface area (Å²) in [7, 11) is 1.60. The maximum absolute atomic E-state index is 13.8. The van der Waals surface area contributed by atoms with E-state index in [-0.39, 0.29) is 36.9 Å². The maximum atomic E-state index is 13.8. The SMILES string of the molecule is COCCCN(CC(=O)N(Cc1ccccc1)Cc1coc2ccc(C)cc2c1=O)C(=O)c1ccc(Br)cc1.